The van der Waals surface area contributed by atoms with Crippen molar-refractivity contribution in [1.82, 2.24) is 5.32 Å². The lowest BCUT2D eigenvalue weighted by molar-refractivity contribution is -0.125. The van der Waals surface area contributed by atoms with Crippen molar-refractivity contribution in [3.05, 3.63) is 0 Å². The Morgan fingerprint density at radius 3 is 2.42 bits per heavy atom. The van der Waals surface area contributed by atoms with E-state index in [1.807, 2.05) is 0 Å². The number of hydrogen-bond acceptors (Lipinski definition) is 2. The molecule has 0 atom stereocenters. The van der Waals surface area contributed by atoms with Gasteiger partial charge in [-0.2, -0.15) is 0 Å². The van der Waals surface area contributed by atoms with Crippen molar-refractivity contribution in [2.24, 2.45) is 5.73 Å². The first-order valence-corrected chi connectivity index (χ1v) is 4.26. The second-order valence-electron chi connectivity index (χ2n) is 3.16. The summed E-state index contributed by atoms with van der Waals surface area (Å²) in [5.74, 6) is -0.475. The van der Waals surface area contributed by atoms with Crippen LogP contribution in [0.2, 0.25) is 0 Å². The number of primary amides is 1. The quantitative estimate of drug-likeness (QED) is 0.619. The first-order chi connectivity index (χ1) is 5.68. The second-order valence-corrected chi connectivity index (χ2v) is 3.16. The zero-order valence-corrected chi connectivity index (χ0v) is 7.01. The molecule has 68 valence electrons. The van der Waals surface area contributed by atoms with E-state index in [1.165, 1.54) is 6.42 Å². The van der Waals surface area contributed by atoms with Gasteiger partial charge in [0.2, 0.25) is 11.8 Å². The van der Waals surface area contributed by atoms with Crippen molar-refractivity contribution in [1.29, 1.82) is 0 Å². The van der Waals surface area contributed by atoms with Crippen LogP contribution in [0.4, 0.5) is 0 Å². The number of carbonyl (C=O) groups is 2. The fourth-order valence-corrected chi connectivity index (χ4v) is 1.09. The van der Waals surface area contributed by atoms with Crippen LogP contribution in [0.15, 0.2) is 0 Å². The van der Waals surface area contributed by atoms with E-state index in [4.69, 9.17) is 5.73 Å². The lowest BCUT2D eigenvalue weighted by Gasteiger charge is -2.26. The molecule has 0 saturated heterocycles. The molecule has 1 saturated carbocycles. The average molecular weight is 170 g/mol. The molecule has 0 unspecified atom stereocenters. The summed E-state index contributed by atoms with van der Waals surface area (Å²) in [5.41, 5.74) is 4.90. The van der Waals surface area contributed by atoms with Crippen LogP contribution in [0.1, 0.15) is 32.1 Å². The summed E-state index contributed by atoms with van der Waals surface area (Å²) < 4.78 is 0. The molecule has 12 heavy (non-hydrogen) atoms. The minimum atomic E-state index is -0.418. The molecule has 4 heteroatoms. The highest BCUT2D eigenvalue weighted by atomic mass is 16.2. The molecule has 0 bridgehead atoms. The molecule has 0 aromatic heterocycles. The molecule has 0 aromatic rings. The van der Waals surface area contributed by atoms with Crippen molar-refractivity contribution < 1.29 is 9.59 Å². The lowest BCUT2D eigenvalue weighted by atomic mass is 9.93. The number of rotatable bonds is 4. The minimum Gasteiger partial charge on any atom is -0.370 e. The van der Waals surface area contributed by atoms with E-state index < -0.39 is 5.91 Å². The van der Waals surface area contributed by atoms with Gasteiger partial charge >= 0.3 is 0 Å². The summed E-state index contributed by atoms with van der Waals surface area (Å²) in [5, 5.41) is 2.82. The molecule has 1 aliphatic carbocycles. The molecule has 0 radical (unpaired) electrons. The van der Waals surface area contributed by atoms with Gasteiger partial charge in [-0.05, 0) is 19.3 Å². The first-order valence-electron chi connectivity index (χ1n) is 4.26. The van der Waals surface area contributed by atoms with Gasteiger partial charge in [0.15, 0.2) is 0 Å². The van der Waals surface area contributed by atoms with Crippen LogP contribution in [0.5, 0.6) is 0 Å². The van der Waals surface area contributed by atoms with Gasteiger partial charge in [0.25, 0.3) is 0 Å². The Labute approximate surface area is 71.5 Å². The molecule has 0 spiro atoms. The van der Waals surface area contributed by atoms with Crippen LogP contribution in [0, 0.1) is 0 Å². The first kappa shape index (κ1) is 9.03. The number of nitrogens with one attached hydrogen (secondary N) is 1. The zero-order valence-electron chi connectivity index (χ0n) is 7.01. The smallest absolute Gasteiger partial charge is 0.220 e. The Balaban J connectivity index is 2.06. The maximum absolute atomic E-state index is 11.0. The van der Waals surface area contributed by atoms with Gasteiger partial charge in [0.05, 0.1) is 0 Å². The molecule has 2 amide bonds. The molecule has 0 heterocycles. The molecule has 3 N–H and O–H groups in total. The van der Waals surface area contributed by atoms with Crippen molar-refractivity contribution in [3.8, 4) is 0 Å². The van der Waals surface area contributed by atoms with Gasteiger partial charge in [0, 0.05) is 18.9 Å². The summed E-state index contributed by atoms with van der Waals surface area (Å²) in [7, 11) is 0. The Bertz CT molecular complexity index is 187. The van der Waals surface area contributed by atoms with Crippen LogP contribution in [0.3, 0.4) is 0 Å². The van der Waals surface area contributed by atoms with Crippen LogP contribution >= 0.6 is 0 Å². The van der Waals surface area contributed by atoms with Crippen LogP contribution in [0.25, 0.3) is 0 Å². The largest absolute Gasteiger partial charge is 0.370 e. The molecule has 1 rings (SSSR count). The molecule has 1 aliphatic rings. The molecular weight excluding hydrogens is 156 g/mol. The molecule has 4 nitrogen and oxygen atoms in total. The third kappa shape index (κ3) is 2.90. The van der Waals surface area contributed by atoms with E-state index >= 15 is 0 Å². The fraction of sp³-hybridized carbons (Fsp3) is 0.750. The fourth-order valence-electron chi connectivity index (χ4n) is 1.09. The summed E-state index contributed by atoms with van der Waals surface area (Å²) in [6, 6.07) is 0.352. The van der Waals surface area contributed by atoms with E-state index in [2.05, 4.69) is 5.32 Å². The Hall–Kier alpha value is -1.06. The third-order valence-electron chi connectivity index (χ3n) is 2.07. The molecule has 0 aromatic carbocycles. The maximum atomic E-state index is 11.0. The van der Waals surface area contributed by atoms with E-state index in [-0.39, 0.29) is 18.7 Å². The zero-order chi connectivity index (χ0) is 8.97. The minimum absolute atomic E-state index is 0.0569. The Kier molecular flexibility index (Phi) is 3.08. The van der Waals surface area contributed by atoms with Crippen molar-refractivity contribution in [2.75, 3.05) is 0 Å². The predicted octanol–water partition coefficient (Wildman–Crippen LogP) is -0.0794. The Morgan fingerprint density at radius 2 is 2.00 bits per heavy atom. The third-order valence-corrected chi connectivity index (χ3v) is 2.07. The van der Waals surface area contributed by atoms with Gasteiger partial charge in [0.1, 0.15) is 0 Å². The average Bonchev–Trinajstić information content (AvgIpc) is 1.93. The summed E-state index contributed by atoms with van der Waals surface area (Å²) >= 11 is 0. The summed E-state index contributed by atoms with van der Waals surface area (Å²) in [6.45, 7) is 0. The standard InChI is InChI=1S/C8H14N2O2/c9-7(11)4-5-8(12)10-6-2-1-3-6/h6H,1-5H2,(H2,9,11)(H,10,12). The highest BCUT2D eigenvalue weighted by Crippen LogP contribution is 2.17. The van der Waals surface area contributed by atoms with Crippen molar-refractivity contribution in [2.45, 2.75) is 38.1 Å². The predicted molar refractivity (Wildman–Crippen MR) is 44.2 cm³/mol. The van der Waals surface area contributed by atoms with Crippen molar-refractivity contribution >= 4 is 11.8 Å². The number of carbonyl (C=O) groups excluding carboxylic acids is 2. The topological polar surface area (TPSA) is 72.2 Å². The molecule has 0 aliphatic heterocycles. The monoisotopic (exact) mass is 170 g/mol. The van der Waals surface area contributed by atoms with Gasteiger partial charge < -0.3 is 11.1 Å². The van der Waals surface area contributed by atoms with Crippen LogP contribution in [-0.4, -0.2) is 17.9 Å². The number of amides is 2. The second kappa shape index (κ2) is 4.09. The van der Waals surface area contributed by atoms with Crippen LogP contribution in [-0.2, 0) is 9.59 Å². The normalized spacial score (nSPS) is 16.7. The lowest BCUT2D eigenvalue weighted by Crippen LogP contribution is -2.39. The van der Waals surface area contributed by atoms with Gasteiger partial charge in [-0.1, -0.05) is 0 Å². The highest BCUT2D eigenvalue weighted by molar-refractivity contribution is 5.82. The summed E-state index contributed by atoms with van der Waals surface area (Å²) in [6.07, 6.45) is 3.72. The Morgan fingerprint density at radius 1 is 1.33 bits per heavy atom. The van der Waals surface area contributed by atoms with Gasteiger partial charge in [-0.3, -0.25) is 9.59 Å². The van der Waals surface area contributed by atoms with E-state index in [1.54, 1.807) is 0 Å². The van der Waals surface area contributed by atoms with E-state index in [0.717, 1.165) is 12.8 Å². The number of nitrogens with two attached hydrogens (primary N) is 1. The van der Waals surface area contributed by atoms with Crippen LogP contribution < -0.4 is 11.1 Å². The maximum Gasteiger partial charge on any atom is 0.220 e. The van der Waals surface area contributed by atoms with E-state index in [9.17, 15) is 9.59 Å². The number of hydrogen-bond donors (Lipinski definition) is 2. The SMILES string of the molecule is NC(=O)CCC(=O)NC1CCC1. The van der Waals surface area contributed by atoms with Gasteiger partial charge in [-0.25, -0.2) is 0 Å². The van der Waals surface area contributed by atoms with Gasteiger partial charge in [-0.15, -0.1) is 0 Å². The summed E-state index contributed by atoms with van der Waals surface area (Å²) in [4.78, 5) is 21.3. The molecular formula is C8H14N2O2. The highest BCUT2D eigenvalue weighted by Gasteiger charge is 2.18. The van der Waals surface area contributed by atoms with Crippen molar-refractivity contribution in [3.63, 3.8) is 0 Å². The van der Waals surface area contributed by atoms with E-state index in [0.29, 0.717) is 6.04 Å². The molecule has 1 fully saturated rings.